The van der Waals surface area contributed by atoms with Gasteiger partial charge in [-0.05, 0) is 24.8 Å². The number of hydrogen-bond donors (Lipinski definition) is 2. The van der Waals surface area contributed by atoms with Crippen LogP contribution in [0.15, 0.2) is 35.3 Å². The molecule has 5 heteroatoms. The Hall–Kier alpha value is -1.59. The minimum atomic E-state index is 0.308. The maximum atomic E-state index is 5.52. The number of ether oxygens (including phenoxy) is 1. The summed E-state index contributed by atoms with van der Waals surface area (Å²) in [5, 5.41) is 6.93. The Labute approximate surface area is 145 Å². The van der Waals surface area contributed by atoms with Crippen LogP contribution in [0.5, 0.6) is 0 Å². The minimum Gasteiger partial charge on any atom is -0.379 e. The van der Waals surface area contributed by atoms with Crippen LogP contribution in [0.3, 0.4) is 0 Å². The summed E-state index contributed by atoms with van der Waals surface area (Å²) in [4.78, 5) is 7.38. The van der Waals surface area contributed by atoms with Crippen molar-refractivity contribution in [3.8, 4) is 0 Å². The number of guanidine groups is 1. The zero-order valence-electron chi connectivity index (χ0n) is 14.9. The van der Waals surface area contributed by atoms with E-state index in [4.69, 9.17) is 9.73 Å². The van der Waals surface area contributed by atoms with E-state index in [1.807, 2.05) is 0 Å². The number of nitrogens with zero attached hydrogens (tertiary/aromatic N) is 2. The van der Waals surface area contributed by atoms with Crippen molar-refractivity contribution in [3.63, 3.8) is 0 Å². The van der Waals surface area contributed by atoms with Crippen molar-refractivity contribution in [2.75, 3.05) is 39.4 Å². The zero-order chi connectivity index (χ0) is 16.8. The van der Waals surface area contributed by atoms with Crippen molar-refractivity contribution in [3.05, 3.63) is 35.9 Å². The van der Waals surface area contributed by atoms with Gasteiger partial charge in [0, 0.05) is 25.7 Å². The number of morpholine rings is 1. The number of nitrogens with one attached hydrogen (secondary N) is 2. The summed E-state index contributed by atoms with van der Waals surface area (Å²) in [5.74, 6) is 1.71. The molecule has 2 N–H and O–H groups in total. The molecule has 0 amide bonds. The summed E-state index contributed by atoms with van der Waals surface area (Å²) in [6.07, 6.45) is 1.25. The van der Waals surface area contributed by atoms with E-state index < -0.39 is 0 Å². The fourth-order valence-corrected chi connectivity index (χ4v) is 3.19. The van der Waals surface area contributed by atoms with Gasteiger partial charge in [0.25, 0.3) is 0 Å². The molecule has 1 saturated carbocycles. The molecular weight excluding hydrogens is 300 g/mol. The lowest BCUT2D eigenvalue weighted by Crippen LogP contribution is -2.42. The summed E-state index contributed by atoms with van der Waals surface area (Å²) in [6.45, 7) is 9.61. The van der Waals surface area contributed by atoms with Crippen molar-refractivity contribution in [2.45, 2.75) is 32.4 Å². The molecule has 2 aliphatic rings. The Balaban J connectivity index is 1.70. The fraction of sp³-hybridized carbons (Fsp3) is 0.632. The van der Waals surface area contributed by atoms with Gasteiger partial charge in [-0.1, -0.05) is 37.3 Å². The van der Waals surface area contributed by atoms with Gasteiger partial charge in [-0.25, -0.2) is 0 Å². The number of aliphatic imine (C=N–C) groups is 1. The lowest BCUT2D eigenvalue weighted by molar-refractivity contribution is 0.0179. The Kier molecular flexibility index (Phi) is 6.10. The second-order valence-corrected chi connectivity index (χ2v) is 6.76. The van der Waals surface area contributed by atoms with E-state index in [-0.39, 0.29) is 0 Å². The summed E-state index contributed by atoms with van der Waals surface area (Å²) in [5.41, 5.74) is 1.33. The lowest BCUT2D eigenvalue weighted by Gasteiger charge is -2.34. The molecule has 5 nitrogen and oxygen atoms in total. The van der Waals surface area contributed by atoms with E-state index >= 15 is 0 Å². The van der Waals surface area contributed by atoms with Gasteiger partial charge < -0.3 is 15.4 Å². The summed E-state index contributed by atoms with van der Waals surface area (Å²) >= 11 is 0. The van der Waals surface area contributed by atoms with E-state index in [9.17, 15) is 0 Å². The molecule has 1 heterocycles. The van der Waals surface area contributed by atoms with Gasteiger partial charge >= 0.3 is 0 Å². The Bertz CT molecular complexity index is 527. The van der Waals surface area contributed by atoms with Crippen LogP contribution in [0.4, 0.5) is 0 Å². The molecule has 1 aliphatic carbocycles. The van der Waals surface area contributed by atoms with Crippen molar-refractivity contribution < 1.29 is 4.74 Å². The Morgan fingerprint density at radius 1 is 1.29 bits per heavy atom. The molecule has 0 aromatic heterocycles. The van der Waals surface area contributed by atoms with Crippen LogP contribution >= 0.6 is 0 Å². The fourth-order valence-electron chi connectivity index (χ4n) is 3.19. The SMILES string of the molecule is CCNC(=NCC(c1ccccc1)N1CCOCC1)NC1CC1C. The quantitative estimate of drug-likeness (QED) is 0.619. The molecule has 132 valence electrons. The van der Waals surface area contributed by atoms with Crippen LogP contribution in [0.2, 0.25) is 0 Å². The highest BCUT2D eigenvalue weighted by molar-refractivity contribution is 5.80. The molecule has 1 aliphatic heterocycles. The van der Waals surface area contributed by atoms with Crippen molar-refractivity contribution >= 4 is 5.96 Å². The van der Waals surface area contributed by atoms with Gasteiger partial charge in [0.1, 0.15) is 0 Å². The molecule has 0 spiro atoms. The molecule has 3 atom stereocenters. The van der Waals surface area contributed by atoms with E-state index in [0.29, 0.717) is 12.1 Å². The third-order valence-electron chi connectivity index (χ3n) is 4.87. The van der Waals surface area contributed by atoms with Crippen LogP contribution in [-0.4, -0.2) is 56.3 Å². The lowest BCUT2D eigenvalue weighted by atomic mass is 10.1. The third kappa shape index (κ3) is 4.71. The van der Waals surface area contributed by atoms with E-state index in [0.717, 1.165) is 51.3 Å². The van der Waals surface area contributed by atoms with E-state index in [1.54, 1.807) is 0 Å². The standard InChI is InChI=1S/C19H30N4O/c1-3-20-19(22-17-13-15(17)2)21-14-18(16-7-5-4-6-8-16)23-9-11-24-12-10-23/h4-8,15,17-18H,3,9-14H2,1-2H3,(H2,20,21,22). The van der Waals surface area contributed by atoms with Crippen LogP contribution in [0.1, 0.15) is 31.9 Å². The second-order valence-electron chi connectivity index (χ2n) is 6.76. The van der Waals surface area contributed by atoms with E-state index in [1.165, 1.54) is 12.0 Å². The number of benzene rings is 1. The maximum absolute atomic E-state index is 5.52. The number of hydrogen-bond acceptors (Lipinski definition) is 3. The molecule has 3 rings (SSSR count). The molecule has 24 heavy (non-hydrogen) atoms. The molecule has 0 bridgehead atoms. The molecule has 1 aromatic carbocycles. The molecule has 2 fully saturated rings. The number of rotatable bonds is 6. The third-order valence-corrected chi connectivity index (χ3v) is 4.87. The summed E-state index contributed by atoms with van der Waals surface area (Å²) in [6, 6.07) is 11.6. The van der Waals surface area contributed by atoms with Crippen LogP contribution in [0.25, 0.3) is 0 Å². The normalized spacial score (nSPS) is 26.0. The first-order chi connectivity index (χ1) is 11.8. The summed E-state index contributed by atoms with van der Waals surface area (Å²) in [7, 11) is 0. The minimum absolute atomic E-state index is 0.308. The molecule has 1 saturated heterocycles. The Morgan fingerprint density at radius 3 is 2.62 bits per heavy atom. The van der Waals surface area contributed by atoms with Crippen LogP contribution < -0.4 is 10.6 Å². The van der Waals surface area contributed by atoms with Gasteiger partial charge in [-0.15, -0.1) is 0 Å². The second kappa shape index (κ2) is 8.49. The first-order valence-corrected chi connectivity index (χ1v) is 9.19. The monoisotopic (exact) mass is 330 g/mol. The average molecular weight is 330 g/mol. The molecule has 1 aromatic rings. The topological polar surface area (TPSA) is 48.9 Å². The van der Waals surface area contributed by atoms with Gasteiger partial charge in [-0.3, -0.25) is 9.89 Å². The average Bonchev–Trinajstić information content (AvgIpc) is 3.32. The zero-order valence-corrected chi connectivity index (χ0v) is 14.9. The molecule has 3 unspecified atom stereocenters. The van der Waals surface area contributed by atoms with Crippen LogP contribution in [-0.2, 0) is 4.74 Å². The van der Waals surface area contributed by atoms with Gasteiger partial charge in [-0.2, -0.15) is 0 Å². The van der Waals surface area contributed by atoms with Crippen molar-refractivity contribution in [1.82, 2.24) is 15.5 Å². The highest BCUT2D eigenvalue weighted by atomic mass is 16.5. The molecule has 0 radical (unpaired) electrons. The predicted molar refractivity (Wildman–Crippen MR) is 98.3 cm³/mol. The largest absolute Gasteiger partial charge is 0.379 e. The maximum Gasteiger partial charge on any atom is 0.191 e. The predicted octanol–water partition coefficient (Wildman–Crippen LogP) is 2.02. The van der Waals surface area contributed by atoms with Gasteiger partial charge in [0.05, 0.1) is 25.8 Å². The highest BCUT2D eigenvalue weighted by Crippen LogP contribution is 2.29. The van der Waals surface area contributed by atoms with Crippen molar-refractivity contribution in [1.29, 1.82) is 0 Å². The highest BCUT2D eigenvalue weighted by Gasteiger charge is 2.33. The van der Waals surface area contributed by atoms with Crippen LogP contribution in [0, 0.1) is 5.92 Å². The van der Waals surface area contributed by atoms with E-state index in [2.05, 4.69) is 59.7 Å². The van der Waals surface area contributed by atoms with Gasteiger partial charge in [0.15, 0.2) is 5.96 Å². The first kappa shape index (κ1) is 17.2. The Morgan fingerprint density at radius 2 is 2.00 bits per heavy atom. The summed E-state index contributed by atoms with van der Waals surface area (Å²) < 4.78 is 5.52. The smallest absolute Gasteiger partial charge is 0.191 e. The molecular formula is C19H30N4O. The van der Waals surface area contributed by atoms with Gasteiger partial charge in [0.2, 0.25) is 0 Å². The first-order valence-electron chi connectivity index (χ1n) is 9.19. The van der Waals surface area contributed by atoms with Crippen molar-refractivity contribution in [2.24, 2.45) is 10.9 Å².